The number of carbonyl (C=O) groups excluding carboxylic acids is 3. The zero-order chi connectivity index (χ0) is 16.8. The van der Waals surface area contributed by atoms with E-state index >= 15 is 0 Å². The van der Waals surface area contributed by atoms with Crippen LogP contribution < -0.4 is 11.1 Å². The fourth-order valence-electron chi connectivity index (χ4n) is 2.44. The molecule has 7 heteroatoms. The van der Waals surface area contributed by atoms with E-state index in [1.165, 1.54) is 4.90 Å². The maximum Gasteiger partial charge on any atom is 0.408 e. The van der Waals surface area contributed by atoms with Gasteiger partial charge < -0.3 is 25.5 Å². The molecule has 0 unspecified atom stereocenters. The summed E-state index contributed by atoms with van der Waals surface area (Å²) < 4.78 is 5.19. The number of hydrogen-bond acceptors (Lipinski definition) is 5. The van der Waals surface area contributed by atoms with Gasteiger partial charge in [0.2, 0.25) is 5.91 Å². The summed E-state index contributed by atoms with van der Waals surface area (Å²) in [6.45, 7) is 6.23. The van der Waals surface area contributed by atoms with Crippen molar-refractivity contribution in [2.75, 3.05) is 13.1 Å². The third-order valence-electron chi connectivity index (χ3n) is 3.43. The van der Waals surface area contributed by atoms with Crippen molar-refractivity contribution in [2.45, 2.75) is 64.1 Å². The molecular weight excluding hydrogens is 286 g/mol. The van der Waals surface area contributed by atoms with Crippen LogP contribution in [0.5, 0.6) is 0 Å². The normalized spacial score (nSPS) is 19.6. The quantitative estimate of drug-likeness (QED) is 0.707. The van der Waals surface area contributed by atoms with Crippen molar-refractivity contribution in [1.82, 2.24) is 10.2 Å². The molecule has 0 aromatic heterocycles. The van der Waals surface area contributed by atoms with Crippen molar-refractivity contribution in [1.29, 1.82) is 0 Å². The number of rotatable bonds is 6. The summed E-state index contributed by atoms with van der Waals surface area (Å²) in [6, 6.07) is -1.10. The van der Waals surface area contributed by atoms with Gasteiger partial charge in [0.1, 0.15) is 17.9 Å². The third kappa shape index (κ3) is 5.63. The molecule has 0 spiro atoms. The van der Waals surface area contributed by atoms with Gasteiger partial charge in [-0.3, -0.25) is 4.79 Å². The molecule has 0 aromatic rings. The summed E-state index contributed by atoms with van der Waals surface area (Å²) in [4.78, 5) is 37.1. The van der Waals surface area contributed by atoms with E-state index in [1.54, 1.807) is 20.8 Å². The molecule has 1 saturated heterocycles. The minimum Gasteiger partial charge on any atom is -0.444 e. The minimum atomic E-state index is -0.709. The standard InChI is InChI=1S/C15H27N3O4/c1-15(2,3)22-14(21)17-12(7-4-8-16)13(20)18-9-5-6-11(18)10-19/h10-12H,4-9,16H2,1-3H3,(H,17,21)/t11-,12-/m0/s1. The molecule has 7 nitrogen and oxygen atoms in total. The van der Waals surface area contributed by atoms with E-state index in [9.17, 15) is 14.4 Å². The van der Waals surface area contributed by atoms with Crippen LogP contribution in [0.15, 0.2) is 0 Å². The number of nitrogens with two attached hydrogens (primary N) is 1. The van der Waals surface area contributed by atoms with Crippen LogP contribution in [0.4, 0.5) is 4.79 Å². The Balaban J connectivity index is 2.72. The van der Waals surface area contributed by atoms with Gasteiger partial charge in [0.05, 0.1) is 6.04 Å². The summed E-state index contributed by atoms with van der Waals surface area (Å²) in [5.41, 5.74) is 4.86. The Hall–Kier alpha value is -1.63. The van der Waals surface area contributed by atoms with Crippen LogP contribution >= 0.6 is 0 Å². The molecule has 0 bridgehead atoms. The van der Waals surface area contributed by atoms with Crippen LogP contribution in [-0.4, -0.2) is 54.0 Å². The van der Waals surface area contributed by atoms with Gasteiger partial charge in [-0.15, -0.1) is 0 Å². The molecule has 1 rings (SSSR count). The Morgan fingerprint density at radius 3 is 2.68 bits per heavy atom. The van der Waals surface area contributed by atoms with Crippen molar-refractivity contribution < 1.29 is 19.1 Å². The molecule has 0 saturated carbocycles. The Bertz CT molecular complexity index is 406. The molecule has 1 fully saturated rings. The summed E-state index contributed by atoms with van der Waals surface area (Å²) in [5, 5.41) is 2.61. The Kier molecular flexibility index (Phi) is 6.80. The highest BCUT2D eigenvalue weighted by atomic mass is 16.6. The second-order valence-corrected chi connectivity index (χ2v) is 6.51. The van der Waals surface area contributed by atoms with Crippen molar-refractivity contribution in [3.63, 3.8) is 0 Å². The first-order valence-corrected chi connectivity index (χ1v) is 7.74. The van der Waals surface area contributed by atoms with Gasteiger partial charge in [-0.2, -0.15) is 0 Å². The molecule has 1 heterocycles. The van der Waals surface area contributed by atoms with E-state index in [0.29, 0.717) is 32.4 Å². The van der Waals surface area contributed by atoms with Crippen molar-refractivity contribution in [3.05, 3.63) is 0 Å². The first kappa shape index (κ1) is 18.4. The third-order valence-corrected chi connectivity index (χ3v) is 3.43. The number of nitrogens with one attached hydrogen (secondary N) is 1. The van der Waals surface area contributed by atoms with E-state index in [2.05, 4.69) is 5.32 Å². The van der Waals surface area contributed by atoms with E-state index in [-0.39, 0.29) is 5.91 Å². The fraction of sp³-hybridized carbons (Fsp3) is 0.800. The van der Waals surface area contributed by atoms with Gasteiger partial charge in [0.25, 0.3) is 0 Å². The Morgan fingerprint density at radius 1 is 1.45 bits per heavy atom. The molecule has 3 N–H and O–H groups in total. The molecule has 0 radical (unpaired) electrons. The molecule has 0 aromatic carbocycles. The summed E-state index contributed by atoms with van der Waals surface area (Å²) in [5.74, 6) is -0.242. The number of hydrogen-bond donors (Lipinski definition) is 2. The van der Waals surface area contributed by atoms with Gasteiger partial charge in [-0.25, -0.2) is 4.79 Å². The highest BCUT2D eigenvalue weighted by Gasteiger charge is 2.34. The summed E-state index contributed by atoms with van der Waals surface area (Å²) in [6.07, 6.45) is 2.65. The molecule has 2 atom stereocenters. The monoisotopic (exact) mass is 313 g/mol. The van der Waals surface area contributed by atoms with Gasteiger partial charge in [0, 0.05) is 6.54 Å². The lowest BCUT2D eigenvalue weighted by Crippen LogP contribution is -2.51. The molecule has 0 aliphatic carbocycles. The molecule has 126 valence electrons. The highest BCUT2D eigenvalue weighted by molar-refractivity contribution is 5.88. The van der Waals surface area contributed by atoms with E-state index in [1.807, 2.05) is 0 Å². The molecule has 22 heavy (non-hydrogen) atoms. The number of alkyl carbamates (subject to hydrolysis) is 1. The Labute approximate surface area is 131 Å². The van der Waals surface area contributed by atoms with Crippen LogP contribution in [-0.2, 0) is 14.3 Å². The smallest absolute Gasteiger partial charge is 0.408 e. The van der Waals surface area contributed by atoms with E-state index in [4.69, 9.17) is 10.5 Å². The lowest BCUT2D eigenvalue weighted by molar-refractivity contribution is -0.136. The van der Waals surface area contributed by atoms with Crippen LogP contribution in [0.25, 0.3) is 0 Å². The minimum absolute atomic E-state index is 0.242. The lowest BCUT2D eigenvalue weighted by atomic mass is 10.1. The predicted octanol–water partition coefficient (Wildman–Crippen LogP) is 0.809. The maximum absolute atomic E-state index is 12.6. The van der Waals surface area contributed by atoms with Gasteiger partial charge in [-0.1, -0.05) is 0 Å². The number of carbonyl (C=O) groups is 3. The molecule has 2 amide bonds. The second-order valence-electron chi connectivity index (χ2n) is 6.51. The van der Waals surface area contributed by atoms with Crippen LogP contribution in [0.2, 0.25) is 0 Å². The predicted molar refractivity (Wildman–Crippen MR) is 82.2 cm³/mol. The van der Waals surface area contributed by atoms with Gasteiger partial charge in [-0.05, 0) is 53.0 Å². The topological polar surface area (TPSA) is 102 Å². The van der Waals surface area contributed by atoms with E-state index < -0.39 is 23.8 Å². The molecule has 1 aliphatic heterocycles. The molecule has 1 aliphatic rings. The first-order chi connectivity index (χ1) is 10.3. The SMILES string of the molecule is CC(C)(C)OC(=O)N[C@@H](CCCN)C(=O)N1CCC[C@H]1C=O. The number of ether oxygens (including phenoxy) is 1. The van der Waals surface area contributed by atoms with Crippen LogP contribution in [0, 0.1) is 0 Å². The number of likely N-dealkylation sites (tertiary alicyclic amines) is 1. The summed E-state index contributed by atoms with van der Waals surface area (Å²) >= 11 is 0. The van der Waals surface area contributed by atoms with Gasteiger partial charge in [0.15, 0.2) is 0 Å². The summed E-state index contributed by atoms with van der Waals surface area (Å²) in [7, 11) is 0. The number of aldehydes is 1. The first-order valence-electron chi connectivity index (χ1n) is 7.74. The van der Waals surface area contributed by atoms with Crippen molar-refractivity contribution in [2.24, 2.45) is 5.73 Å². The van der Waals surface area contributed by atoms with E-state index in [0.717, 1.165) is 12.7 Å². The maximum atomic E-state index is 12.6. The number of nitrogens with zero attached hydrogens (tertiary/aromatic N) is 1. The average Bonchev–Trinajstić information content (AvgIpc) is 2.88. The zero-order valence-electron chi connectivity index (χ0n) is 13.6. The number of amides is 2. The lowest BCUT2D eigenvalue weighted by Gasteiger charge is -2.28. The van der Waals surface area contributed by atoms with Crippen LogP contribution in [0.1, 0.15) is 46.5 Å². The van der Waals surface area contributed by atoms with Crippen molar-refractivity contribution >= 4 is 18.3 Å². The largest absolute Gasteiger partial charge is 0.444 e. The second kappa shape index (κ2) is 8.12. The molecular formula is C15H27N3O4. The van der Waals surface area contributed by atoms with Gasteiger partial charge >= 0.3 is 6.09 Å². The highest BCUT2D eigenvalue weighted by Crippen LogP contribution is 2.18. The Morgan fingerprint density at radius 2 is 2.14 bits per heavy atom. The van der Waals surface area contributed by atoms with Crippen molar-refractivity contribution in [3.8, 4) is 0 Å². The fourth-order valence-corrected chi connectivity index (χ4v) is 2.44. The van der Waals surface area contributed by atoms with Crippen LogP contribution in [0.3, 0.4) is 0 Å². The zero-order valence-corrected chi connectivity index (χ0v) is 13.6. The average molecular weight is 313 g/mol.